The lowest BCUT2D eigenvalue weighted by molar-refractivity contribution is -0.147. The first-order chi connectivity index (χ1) is 5.99. The summed E-state index contributed by atoms with van der Waals surface area (Å²) in [5.74, 6) is -0.667. The number of aliphatic carboxylic acids is 1. The van der Waals surface area contributed by atoms with Crippen molar-refractivity contribution >= 4 is 5.97 Å². The lowest BCUT2D eigenvalue weighted by atomic mass is 9.75. The highest BCUT2D eigenvalue weighted by Gasteiger charge is 2.45. The van der Waals surface area contributed by atoms with Crippen LogP contribution in [0.4, 0.5) is 0 Å². The quantitative estimate of drug-likeness (QED) is 0.610. The van der Waals surface area contributed by atoms with Crippen LogP contribution in [-0.4, -0.2) is 16.6 Å². The van der Waals surface area contributed by atoms with Gasteiger partial charge in [0.2, 0.25) is 0 Å². The molecular formula is C10H19NO2. The van der Waals surface area contributed by atoms with Crippen molar-refractivity contribution in [2.75, 3.05) is 0 Å². The maximum absolute atomic E-state index is 11.1. The first-order valence-electron chi connectivity index (χ1n) is 5.01. The first-order valence-corrected chi connectivity index (χ1v) is 5.01. The predicted octanol–water partition coefficient (Wildman–Crippen LogP) is 1.61. The molecule has 1 aliphatic carbocycles. The molecule has 3 nitrogen and oxygen atoms in total. The Labute approximate surface area is 79.3 Å². The fraction of sp³-hybridized carbons (Fsp3) is 0.900. The molecule has 0 aromatic rings. The third-order valence-electron chi connectivity index (χ3n) is 3.53. The van der Waals surface area contributed by atoms with Gasteiger partial charge in [-0.1, -0.05) is 26.7 Å². The molecule has 0 spiro atoms. The molecule has 0 radical (unpaired) electrons. The maximum Gasteiger partial charge on any atom is 0.324 e. The summed E-state index contributed by atoms with van der Waals surface area (Å²) in [6, 6.07) is 0. The summed E-state index contributed by atoms with van der Waals surface area (Å²) in [6.45, 7) is 3.91. The molecule has 76 valence electrons. The molecular weight excluding hydrogens is 166 g/mol. The van der Waals surface area contributed by atoms with E-state index in [0.29, 0.717) is 0 Å². The molecule has 3 heteroatoms. The normalized spacial score (nSPS) is 41.2. The van der Waals surface area contributed by atoms with Crippen LogP contribution in [0.15, 0.2) is 0 Å². The van der Waals surface area contributed by atoms with Crippen molar-refractivity contribution in [1.29, 1.82) is 0 Å². The van der Waals surface area contributed by atoms with Crippen molar-refractivity contribution in [3.8, 4) is 0 Å². The Kier molecular flexibility index (Phi) is 2.96. The summed E-state index contributed by atoms with van der Waals surface area (Å²) in [4.78, 5) is 11.1. The van der Waals surface area contributed by atoms with E-state index in [0.717, 1.165) is 25.7 Å². The molecule has 0 amide bonds. The fourth-order valence-electron chi connectivity index (χ4n) is 2.29. The second-order valence-corrected chi connectivity index (χ2v) is 4.32. The number of hydrogen-bond donors (Lipinski definition) is 2. The van der Waals surface area contributed by atoms with Gasteiger partial charge < -0.3 is 10.8 Å². The second kappa shape index (κ2) is 3.66. The molecule has 2 atom stereocenters. The SMILES string of the molecule is CC1CCCCC(C)C1(N)C(=O)O. The summed E-state index contributed by atoms with van der Waals surface area (Å²) >= 11 is 0. The summed E-state index contributed by atoms with van der Waals surface area (Å²) in [6.07, 6.45) is 4.09. The monoisotopic (exact) mass is 185 g/mol. The van der Waals surface area contributed by atoms with Gasteiger partial charge in [-0.3, -0.25) is 4.79 Å². The Balaban J connectivity index is 2.91. The van der Waals surface area contributed by atoms with Crippen molar-refractivity contribution in [2.45, 2.75) is 45.1 Å². The van der Waals surface area contributed by atoms with Crippen LogP contribution in [0.5, 0.6) is 0 Å². The summed E-state index contributed by atoms with van der Waals surface area (Å²) in [7, 11) is 0. The first kappa shape index (κ1) is 10.5. The smallest absolute Gasteiger partial charge is 0.324 e. The third kappa shape index (κ3) is 1.70. The molecule has 1 fully saturated rings. The summed E-state index contributed by atoms with van der Waals surface area (Å²) in [5.41, 5.74) is 4.99. The van der Waals surface area contributed by atoms with Gasteiger partial charge in [0.05, 0.1) is 0 Å². The Morgan fingerprint density at radius 3 is 2.00 bits per heavy atom. The van der Waals surface area contributed by atoms with Crippen molar-refractivity contribution in [2.24, 2.45) is 17.6 Å². The molecule has 1 saturated carbocycles. The van der Waals surface area contributed by atoms with Gasteiger partial charge in [0, 0.05) is 0 Å². The van der Waals surface area contributed by atoms with Gasteiger partial charge in [0.25, 0.3) is 0 Å². The molecule has 13 heavy (non-hydrogen) atoms. The van der Waals surface area contributed by atoms with Gasteiger partial charge in [-0.25, -0.2) is 0 Å². The average Bonchev–Trinajstić information content (AvgIpc) is 2.19. The van der Waals surface area contributed by atoms with Gasteiger partial charge in [-0.15, -0.1) is 0 Å². The molecule has 3 N–H and O–H groups in total. The van der Waals surface area contributed by atoms with Crippen LogP contribution in [-0.2, 0) is 4.79 Å². The predicted molar refractivity (Wildman–Crippen MR) is 51.4 cm³/mol. The molecule has 2 unspecified atom stereocenters. The molecule has 1 aliphatic rings. The zero-order valence-corrected chi connectivity index (χ0v) is 8.42. The Morgan fingerprint density at radius 2 is 1.69 bits per heavy atom. The van der Waals surface area contributed by atoms with E-state index in [1.807, 2.05) is 13.8 Å². The van der Waals surface area contributed by atoms with E-state index in [-0.39, 0.29) is 11.8 Å². The van der Waals surface area contributed by atoms with Crippen molar-refractivity contribution in [3.63, 3.8) is 0 Å². The van der Waals surface area contributed by atoms with Crippen molar-refractivity contribution < 1.29 is 9.90 Å². The van der Waals surface area contributed by atoms with Crippen LogP contribution < -0.4 is 5.73 Å². The number of hydrogen-bond acceptors (Lipinski definition) is 2. The van der Waals surface area contributed by atoms with Gasteiger partial charge in [0.15, 0.2) is 0 Å². The molecule has 0 aromatic heterocycles. The van der Waals surface area contributed by atoms with Crippen molar-refractivity contribution in [3.05, 3.63) is 0 Å². The molecule has 0 aliphatic heterocycles. The minimum Gasteiger partial charge on any atom is -0.480 e. The number of nitrogens with two attached hydrogens (primary N) is 1. The van der Waals surface area contributed by atoms with E-state index < -0.39 is 11.5 Å². The van der Waals surface area contributed by atoms with E-state index >= 15 is 0 Å². The minimum atomic E-state index is -1.00. The lowest BCUT2D eigenvalue weighted by Crippen LogP contribution is -2.57. The van der Waals surface area contributed by atoms with Gasteiger partial charge in [-0.2, -0.15) is 0 Å². The topological polar surface area (TPSA) is 63.3 Å². The van der Waals surface area contributed by atoms with E-state index in [1.54, 1.807) is 0 Å². The van der Waals surface area contributed by atoms with Crippen LogP contribution in [0.2, 0.25) is 0 Å². The summed E-state index contributed by atoms with van der Waals surface area (Å²) in [5, 5.41) is 9.14. The summed E-state index contributed by atoms with van der Waals surface area (Å²) < 4.78 is 0. The molecule has 1 rings (SSSR count). The Hall–Kier alpha value is -0.570. The standard InChI is InChI=1S/C10H19NO2/c1-7-5-3-4-6-8(2)10(7,11)9(12)13/h7-8H,3-6,11H2,1-2H3,(H,12,13). The second-order valence-electron chi connectivity index (χ2n) is 4.32. The van der Waals surface area contributed by atoms with Crippen LogP contribution >= 0.6 is 0 Å². The Bertz CT molecular complexity index is 191. The number of carboxylic acids is 1. The van der Waals surface area contributed by atoms with E-state index in [9.17, 15) is 4.79 Å². The number of carboxylic acid groups (broad SMARTS) is 1. The van der Waals surface area contributed by atoms with Crippen molar-refractivity contribution in [1.82, 2.24) is 0 Å². The molecule has 0 bridgehead atoms. The highest BCUT2D eigenvalue weighted by molar-refractivity contribution is 5.79. The molecule has 0 saturated heterocycles. The lowest BCUT2D eigenvalue weighted by Gasteiger charge is -2.34. The van der Waals surface area contributed by atoms with E-state index in [1.165, 1.54) is 0 Å². The van der Waals surface area contributed by atoms with Gasteiger partial charge >= 0.3 is 5.97 Å². The van der Waals surface area contributed by atoms with Crippen LogP contribution in [0.1, 0.15) is 39.5 Å². The highest BCUT2D eigenvalue weighted by Crippen LogP contribution is 2.34. The minimum absolute atomic E-state index is 0.0856. The molecule has 0 aromatic carbocycles. The van der Waals surface area contributed by atoms with E-state index in [2.05, 4.69) is 0 Å². The highest BCUT2D eigenvalue weighted by atomic mass is 16.4. The maximum atomic E-state index is 11.1. The zero-order valence-electron chi connectivity index (χ0n) is 8.42. The fourth-order valence-corrected chi connectivity index (χ4v) is 2.29. The van der Waals surface area contributed by atoms with E-state index in [4.69, 9.17) is 10.8 Å². The van der Waals surface area contributed by atoms with Gasteiger partial charge in [-0.05, 0) is 24.7 Å². The van der Waals surface area contributed by atoms with Crippen LogP contribution in [0.3, 0.4) is 0 Å². The van der Waals surface area contributed by atoms with Crippen LogP contribution in [0, 0.1) is 11.8 Å². The third-order valence-corrected chi connectivity index (χ3v) is 3.53. The average molecular weight is 185 g/mol. The van der Waals surface area contributed by atoms with Gasteiger partial charge in [0.1, 0.15) is 5.54 Å². The Morgan fingerprint density at radius 1 is 1.31 bits per heavy atom. The molecule has 0 heterocycles. The van der Waals surface area contributed by atoms with Crippen LogP contribution in [0.25, 0.3) is 0 Å². The number of rotatable bonds is 1. The zero-order chi connectivity index (χ0) is 10.1. The number of carbonyl (C=O) groups is 1. The largest absolute Gasteiger partial charge is 0.480 e.